The molecule has 1 N–H and O–H groups in total. The summed E-state index contributed by atoms with van der Waals surface area (Å²) in [5, 5.41) is 10.6. The molecule has 1 aromatic heterocycles. The van der Waals surface area contributed by atoms with E-state index in [1.807, 2.05) is 6.20 Å². The Morgan fingerprint density at radius 3 is 2.68 bits per heavy atom. The van der Waals surface area contributed by atoms with Gasteiger partial charge in [0.15, 0.2) is 0 Å². The van der Waals surface area contributed by atoms with Crippen LogP contribution in [0.15, 0.2) is 42.5 Å². The number of hydrogen-bond donors (Lipinski definition) is 1. The Morgan fingerprint density at radius 2 is 1.96 bits per heavy atom. The Morgan fingerprint density at radius 1 is 1.21 bits per heavy atom. The molecule has 0 aliphatic carbocycles. The monoisotopic (exact) mass is 378 g/mol. The number of aromatic nitrogens is 1. The molecule has 2 heterocycles. The summed E-state index contributed by atoms with van der Waals surface area (Å²) in [4.78, 5) is 13.8. The highest BCUT2D eigenvalue weighted by Crippen LogP contribution is 2.33. The fourth-order valence-electron chi connectivity index (χ4n) is 3.99. The van der Waals surface area contributed by atoms with E-state index in [9.17, 15) is 14.3 Å². The van der Waals surface area contributed by atoms with Gasteiger partial charge < -0.3 is 14.6 Å². The number of nitrogens with zero attached hydrogens (tertiary/aromatic N) is 2. The molecule has 1 aliphatic rings. The number of fused-ring (bicyclic) bond motifs is 3. The molecular formula is C23H23FN2O2. The van der Waals surface area contributed by atoms with E-state index in [1.54, 1.807) is 12.1 Å². The van der Waals surface area contributed by atoms with Gasteiger partial charge in [-0.25, -0.2) is 4.39 Å². The number of carboxylic acids is 1. The number of hydrogen-bond acceptors (Lipinski definition) is 2. The zero-order valence-electron chi connectivity index (χ0n) is 16.1. The summed E-state index contributed by atoms with van der Waals surface area (Å²) < 4.78 is 15.5. The zero-order chi connectivity index (χ0) is 19.8. The number of halogens is 1. The van der Waals surface area contributed by atoms with Gasteiger partial charge in [0.25, 0.3) is 0 Å². The summed E-state index contributed by atoms with van der Waals surface area (Å²) in [5.74, 6) is -1.24. The Bertz CT molecular complexity index is 1080. The quantitative estimate of drug-likeness (QED) is 0.724. The van der Waals surface area contributed by atoms with Crippen molar-refractivity contribution in [3.63, 3.8) is 0 Å². The van der Waals surface area contributed by atoms with Crippen LogP contribution in [0, 0.1) is 12.7 Å². The van der Waals surface area contributed by atoms with Gasteiger partial charge in [-0.05, 0) is 54.9 Å². The van der Waals surface area contributed by atoms with Crippen LogP contribution in [0.5, 0.6) is 0 Å². The molecule has 4 rings (SSSR count). The highest BCUT2D eigenvalue weighted by molar-refractivity contribution is 5.93. The largest absolute Gasteiger partial charge is 0.481 e. The van der Waals surface area contributed by atoms with Gasteiger partial charge in [-0.15, -0.1) is 0 Å². The fraction of sp³-hybridized carbons (Fsp3) is 0.261. The summed E-state index contributed by atoms with van der Waals surface area (Å²) in [6.45, 7) is 3.92. The number of likely N-dealkylation sites (N-methyl/N-ethyl adjacent to an activating group) is 1. The van der Waals surface area contributed by atoms with Crippen LogP contribution >= 0.6 is 0 Å². The van der Waals surface area contributed by atoms with Gasteiger partial charge >= 0.3 is 5.97 Å². The topological polar surface area (TPSA) is 45.5 Å². The average molecular weight is 378 g/mol. The number of aryl methyl sites for hydroxylation is 1. The molecule has 0 amide bonds. The van der Waals surface area contributed by atoms with Gasteiger partial charge in [0.1, 0.15) is 5.82 Å². The van der Waals surface area contributed by atoms with Crippen molar-refractivity contribution in [3.8, 4) is 0 Å². The number of aliphatic carboxylic acids is 1. The second kappa shape index (κ2) is 7.24. The molecule has 5 heteroatoms. The molecule has 2 aromatic carbocycles. The van der Waals surface area contributed by atoms with Crippen molar-refractivity contribution < 1.29 is 14.3 Å². The molecule has 3 aromatic rings. The van der Waals surface area contributed by atoms with Crippen molar-refractivity contribution in [2.45, 2.75) is 26.3 Å². The Kier molecular flexibility index (Phi) is 4.77. The maximum atomic E-state index is 13.4. The third kappa shape index (κ3) is 3.45. The van der Waals surface area contributed by atoms with E-state index in [-0.39, 0.29) is 12.2 Å². The first-order valence-corrected chi connectivity index (χ1v) is 9.41. The number of carbonyl (C=O) groups is 1. The predicted molar refractivity (Wildman–Crippen MR) is 110 cm³/mol. The van der Waals surface area contributed by atoms with Crippen molar-refractivity contribution in [2.24, 2.45) is 0 Å². The summed E-state index contributed by atoms with van der Waals surface area (Å²) >= 11 is 0. The number of rotatable bonds is 4. The average Bonchev–Trinajstić information content (AvgIpc) is 2.94. The lowest BCUT2D eigenvalue weighted by Crippen LogP contribution is -2.26. The molecule has 0 radical (unpaired) electrons. The lowest BCUT2D eigenvalue weighted by Gasteiger charge is -2.23. The van der Waals surface area contributed by atoms with Crippen LogP contribution in [-0.4, -0.2) is 34.1 Å². The van der Waals surface area contributed by atoms with Gasteiger partial charge in [-0.1, -0.05) is 23.8 Å². The van der Waals surface area contributed by atoms with Crippen molar-refractivity contribution in [2.75, 3.05) is 13.6 Å². The predicted octanol–water partition coefficient (Wildman–Crippen LogP) is 4.55. The zero-order valence-corrected chi connectivity index (χ0v) is 16.1. The van der Waals surface area contributed by atoms with Crippen molar-refractivity contribution >= 4 is 28.6 Å². The van der Waals surface area contributed by atoms with Gasteiger partial charge in [-0.2, -0.15) is 0 Å². The molecule has 0 bridgehead atoms. The van der Waals surface area contributed by atoms with Crippen LogP contribution in [0.3, 0.4) is 0 Å². The van der Waals surface area contributed by atoms with E-state index in [0.29, 0.717) is 5.57 Å². The first-order valence-electron chi connectivity index (χ1n) is 9.41. The lowest BCUT2D eigenvalue weighted by molar-refractivity contribution is -0.135. The lowest BCUT2D eigenvalue weighted by atomic mass is 10.0. The van der Waals surface area contributed by atoms with Crippen LogP contribution in [0.25, 0.3) is 22.7 Å². The Labute approximate surface area is 163 Å². The second-order valence-electron chi connectivity index (χ2n) is 7.54. The van der Waals surface area contributed by atoms with Crippen molar-refractivity contribution in [1.29, 1.82) is 0 Å². The number of benzene rings is 2. The minimum absolute atomic E-state index is 0.119. The maximum absolute atomic E-state index is 13.4. The van der Waals surface area contributed by atoms with E-state index in [1.165, 1.54) is 34.3 Å². The van der Waals surface area contributed by atoms with Crippen molar-refractivity contribution in [3.05, 3.63) is 70.7 Å². The third-order valence-corrected chi connectivity index (χ3v) is 5.38. The molecule has 0 unspecified atom stereocenters. The minimum atomic E-state index is -0.906. The van der Waals surface area contributed by atoms with Crippen LogP contribution in [0.1, 0.15) is 28.8 Å². The van der Waals surface area contributed by atoms with Crippen LogP contribution < -0.4 is 0 Å². The molecule has 0 fully saturated rings. The molecular weight excluding hydrogens is 355 g/mol. The summed E-state index contributed by atoms with van der Waals surface area (Å²) in [6, 6.07) is 12.4. The van der Waals surface area contributed by atoms with Gasteiger partial charge in [0.05, 0.1) is 11.9 Å². The molecule has 0 saturated carbocycles. The second-order valence-corrected chi connectivity index (χ2v) is 7.54. The Hall–Kier alpha value is -2.92. The van der Waals surface area contributed by atoms with Gasteiger partial charge in [0.2, 0.25) is 0 Å². The molecule has 0 spiro atoms. The molecule has 0 atom stereocenters. The molecule has 1 aliphatic heterocycles. The maximum Gasteiger partial charge on any atom is 0.307 e. The smallest absolute Gasteiger partial charge is 0.307 e. The van der Waals surface area contributed by atoms with E-state index < -0.39 is 5.97 Å². The fourth-order valence-corrected chi connectivity index (χ4v) is 3.99. The van der Waals surface area contributed by atoms with Crippen LogP contribution in [-0.2, 0) is 17.8 Å². The SMILES string of the molecule is Cc1ccc2c(c1)c1c(n2/C=C(/CC(=O)O)c2ccc(F)cc2)CCN(C)C1. The minimum Gasteiger partial charge on any atom is -0.481 e. The van der Waals surface area contributed by atoms with Gasteiger partial charge in [0, 0.05) is 36.8 Å². The van der Waals surface area contributed by atoms with Crippen LogP contribution in [0.2, 0.25) is 0 Å². The normalized spacial score (nSPS) is 15.0. The standard InChI is InChI=1S/C23H23FN2O2/c1-15-3-8-21-19(11-15)20-14-25(2)10-9-22(20)26(21)13-17(12-23(27)28)16-4-6-18(24)7-5-16/h3-8,11,13H,9-10,12,14H2,1-2H3,(H,27,28)/b17-13-. The van der Waals surface area contributed by atoms with E-state index in [2.05, 4.69) is 41.6 Å². The molecule has 0 saturated heterocycles. The molecule has 28 heavy (non-hydrogen) atoms. The van der Waals surface area contributed by atoms with E-state index in [4.69, 9.17) is 0 Å². The van der Waals surface area contributed by atoms with E-state index >= 15 is 0 Å². The van der Waals surface area contributed by atoms with E-state index in [0.717, 1.165) is 30.6 Å². The molecule has 4 nitrogen and oxygen atoms in total. The first-order chi connectivity index (χ1) is 13.4. The first kappa shape index (κ1) is 18.4. The molecule has 144 valence electrons. The van der Waals surface area contributed by atoms with Crippen LogP contribution in [0.4, 0.5) is 4.39 Å². The van der Waals surface area contributed by atoms with Gasteiger partial charge in [-0.3, -0.25) is 4.79 Å². The summed E-state index contributed by atoms with van der Waals surface area (Å²) in [7, 11) is 2.12. The Balaban J connectivity index is 1.93. The summed E-state index contributed by atoms with van der Waals surface area (Å²) in [6.07, 6.45) is 2.70. The summed E-state index contributed by atoms with van der Waals surface area (Å²) in [5.41, 5.74) is 6.19. The highest BCUT2D eigenvalue weighted by atomic mass is 19.1. The highest BCUT2D eigenvalue weighted by Gasteiger charge is 2.22. The van der Waals surface area contributed by atoms with Crippen molar-refractivity contribution in [1.82, 2.24) is 9.47 Å². The number of carboxylic acid groups (broad SMARTS) is 1. The third-order valence-electron chi connectivity index (χ3n) is 5.38.